The third kappa shape index (κ3) is 3.87. The molecule has 0 spiro atoms. The van der Waals surface area contributed by atoms with E-state index < -0.39 is 24.2 Å². The van der Waals surface area contributed by atoms with Gasteiger partial charge in [-0.3, -0.25) is 9.48 Å². The topological polar surface area (TPSA) is 96.5 Å². The number of aryl methyl sites for hydroxylation is 1. The fourth-order valence-electron chi connectivity index (χ4n) is 3.13. The third-order valence-corrected chi connectivity index (χ3v) is 4.56. The van der Waals surface area contributed by atoms with Crippen LogP contribution in [0, 0.1) is 5.82 Å². The highest BCUT2D eigenvalue weighted by molar-refractivity contribution is 5.98. The Kier molecular flexibility index (Phi) is 5.43. The third-order valence-electron chi connectivity index (χ3n) is 4.56. The molecule has 1 aliphatic rings. The second-order valence-corrected chi connectivity index (χ2v) is 6.30. The number of primary amides is 1. The van der Waals surface area contributed by atoms with Crippen LogP contribution in [0.4, 0.5) is 29.3 Å². The van der Waals surface area contributed by atoms with Gasteiger partial charge in [0.25, 0.3) is 12.3 Å². The molecular weight excluding hydrogens is 377 g/mol. The number of carbonyl (C=O) groups excluding carboxylic acids is 2. The second-order valence-electron chi connectivity index (χ2n) is 6.30. The summed E-state index contributed by atoms with van der Waals surface area (Å²) in [6, 6.07) is 3.25. The lowest BCUT2D eigenvalue weighted by Gasteiger charge is -2.36. The zero-order chi connectivity index (χ0) is 20.4. The monoisotopic (exact) mass is 396 g/mol. The number of carbonyl (C=O) groups is 2. The van der Waals surface area contributed by atoms with Crippen molar-refractivity contribution in [3.63, 3.8) is 0 Å². The van der Waals surface area contributed by atoms with Crippen molar-refractivity contribution in [1.82, 2.24) is 14.7 Å². The molecule has 1 saturated heterocycles. The van der Waals surface area contributed by atoms with Gasteiger partial charge in [0.15, 0.2) is 0 Å². The molecule has 1 aromatic carbocycles. The van der Waals surface area contributed by atoms with Gasteiger partial charge in [-0.1, -0.05) is 0 Å². The highest BCUT2D eigenvalue weighted by atomic mass is 19.3. The van der Waals surface area contributed by atoms with Crippen LogP contribution in [-0.2, 0) is 7.05 Å². The summed E-state index contributed by atoms with van der Waals surface area (Å²) in [6.45, 7) is 1.31. The smallest absolute Gasteiger partial charge is 0.322 e. The molecule has 8 nitrogen and oxygen atoms in total. The first-order valence-corrected chi connectivity index (χ1v) is 8.48. The Bertz CT molecular complexity index is 893. The number of amides is 3. The number of piperazine rings is 1. The van der Waals surface area contributed by atoms with Crippen molar-refractivity contribution in [2.75, 3.05) is 36.4 Å². The first-order valence-electron chi connectivity index (χ1n) is 8.48. The summed E-state index contributed by atoms with van der Waals surface area (Å²) in [6.07, 6.45) is -1.60. The van der Waals surface area contributed by atoms with E-state index in [1.807, 2.05) is 4.90 Å². The van der Waals surface area contributed by atoms with Crippen LogP contribution in [-0.4, -0.2) is 52.8 Å². The molecule has 1 aromatic heterocycles. The van der Waals surface area contributed by atoms with Gasteiger partial charge in [-0.15, -0.1) is 0 Å². The number of urea groups is 1. The highest BCUT2D eigenvalue weighted by Crippen LogP contribution is 2.27. The zero-order valence-electron chi connectivity index (χ0n) is 15.0. The van der Waals surface area contributed by atoms with E-state index >= 15 is 0 Å². The average Bonchev–Trinajstić information content (AvgIpc) is 3.02. The summed E-state index contributed by atoms with van der Waals surface area (Å²) < 4.78 is 40.6. The maximum Gasteiger partial charge on any atom is 0.322 e. The first-order chi connectivity index (χ1) is 13.3. The van der Waals surface area contributed by atoms with E-state index in [0.717, 1.165) is 10.7 Å². The largest absolute Gasteiger partial charge is 0.367 e. The van der Waals surface area contributed by atoms with Gasteiger partial charge < -0.3 is 20.9 Å². The molecule has 0 unspecified atom stereocenters. The summed E-state index contributed by atoms with van der Waals surface area (Å²) in [4.78, 5) is 27.3. The minimum Gasteiger partial charge on any atom is -0.367 e. The maximum atomic E-state index is 13.4. The summed E-state index contributed by atoms with van der Waals surface area (Å²) in [7, 11) is 1.37. The van der Waals surface area contributed by atoms with Crippen molar-refractivity contribution in [3.8, 4) is 0 Å². The highest BCUT2D eigenvalue weighted by Gasteiger charge is 2.26. The Morgan fingerprint density at radius 1 is 1.21 bits per heavy atom. The van der Waals surface area contributed by atoms with Crippen LogP contribution in [0.3, 0.4) is 0 Å². The molecule has 2 aromatic rings. The molecular formula is C17H19F3N6O2. The van der Waals surface area contributed by atoms with Gasteiger partial charge in [-0.2, -0.15) is 5.10 Å². The Hall–Kier alpha value is -3.24. The van der Waals surface area contributed by atoms with Gasteiger partial charge in [0, 0.05) is 38.9 Å². The molecule has 28 heavy (non-hydrogen) atoms. The Morgan fingerprint density at radius 2 is 1.89 bits per heavy atom. The van der Waals surface area contributed by atoms with E-state index in [1.165, 1.54) is 30.3 Å². The van der Waals surface area contributed by atoms with E-state index in [1.54, 1.807) is 0 Å². The van der Waals surface area contributed by atoms with Crippen molar-refractivity contribution in [2.24, 2.45) is 12.8 Å². The van der Waals surface area contributed by atoms with Crippen LogP contribution >= 0.6 is 0 Å². The number of nitrogens with one attached hydrogen (secondary N) is 1. The Balaban J connectivity index is 1.66. The number of hydrogen-bond acceptors (Lipinski definition) is 4. The van der Waals surface area contributed by atoms with Crippen molar-refractivity contribution in [3.05, 3.63) is 41.5 Å². The Morgan fingerprint density at radius 3 is 2.50 bits per heavy atom. The van der Waals surface area contributed by atoms with Gasteiger partial charge in [-0.25, -0.2) is 18.0 Å². The number of nitrogens with two attached hydrogens (primary N) is 1. The molecule has 0 saturated carbocycles. The molecule has 0 bridgehead atoms. The van der Waals surface area contributed by atoms with Crippen LogP contribution in [0.5, 0.6) is 0 Å². The minimum absolute atomic E-state index is 0.0421. The van der Waals surface area contributed by atoms with Crippen LogP contribution in [0.1, 0.15) is 22.5 Å². The standard InChI is InChI=1S/C17H19F3N6O2/c1-24-14(15(19)20)12(9-22-24)23-17(28)26-6-4-25(5-7-26)13-3-2-10(18)8-11(13)16(21)27/h2-3,8-9,15H,4-7H2,1H3,(H2,21,27)(H,23,28). The summed E-state index contributed by atoms with van der Waals surface area (Å²) in [5, 5.41) is 6.20. The van der Waals surface area contributed by atoms with Crippen molar-refractivity contribution in [2.45, 2.75) is 6.43 Å². The summed E-state index contributed by atoms with van der Waals surface area (Å²) in [5.41, 5.74) is 5.45. The molecule has 0 radical (unpaired) electrons. The molecule has 3 rings (SSSR count). The van der Waals surface area contributed by atoms with Crippen LogP contribution in [0.2, 0.25) is 0 Å². The lowest BCUT2D eigenvalue weighted by atomic mass is 10.1. The van der Waals surface area contributed by atoms with Crippen molar-refractivity contribution in [1.29, 1.82) is 0 Å². The van der Waals surface area contributed by atoms with Crippen LogP contribution in [0.15, 0.2) is 24.4 Å². The molecule has 1 fully saturated rings. The predicted octanol–water partition coefficient (Wildman–Crippen LogP) is 1.95. The van der Waals surface area contributed by atoms with Gasteiger partial charge >= 0.3 is 6.03 Å². The number of alkyl halides is 2. The molecule has 150 valence electrons. The molecule has 3 N–H and O–H groups in total. The molecule has 3 amide bonds. The quantitative estimate of drug-likeness (QED) is 0.826. The first kappa shape index (κ1) is 19.5. The van der Waals surface area contributed by atoms with Gasteiger partial charge in [0.05, 0.1) is 17.4 Å². The SMILES string of the molecule is Cn1ncc(NC(=O)N2CCN(c3ccc(F)cc3C(N)=O)CC2)c1C(F)F. The van der Waals surface area contributed by atoms with E-state index in [0.29, 0.717) is 18.8 Å². The number of anilines is 2. The van der Waals surface area contributed by atoms with E-state index in [2.05, 4.69) is 10.4 Å². The van der Waals surface area contributed by atoms with Crippen LogP contribution in [0.25, 0.3) is 0 Å². The molecule has 2 heterocycles. The van der Waals surface area contributed by atoms with E-state index in [4.69, 9.17) is 5.73 Å². The molecule has 1 aliphatic heterocycles. The fraction of sp³-hybridized carbons (Fsp3) is 0.353. The van der Waals surface area contributed by atoms with Gasteiger partial charge in [-0.05, 0) is 18.2 Å². The summed E-state index contributed by atoms with van der Waals surface area (Å²) in [5.74, 6) is -1.31. The number of aromatic nitrogens is 2. The second kappa shape index (κ2) is 7.79. The van der Waals surface area contributed by atoms with Gasteiger partial charge in [0.1, 0.15) is 11.5 Å². The number of nitrogens with zero attached hydrogens (tertiary/aromatic N) is 4. The Labute approximate surface area is 158 Å². The van der Waals surface area contributed by atoms with Gasteiger partial charge in [0.2, 0.25) is 0 Å². The molecule has 0 aliphatic carbocycles. The summed E-state index contributed by atoms with van der Waals surface area (Å²) >= 11 is 0. The van der Waals surface area contributed by atoms with E-state index in [-0.39, 0.29) is 30.0 Å². The lowest BCUT2D eigenvalue weighted by Crippen LogP contribution is -2.50. The van der Waals surface area contributed by atoms with Crippen molar-refractivity contribution < 1.29 is 22.8 Å². The lowest BCUT2D eigenvalue weighted by molar-refractivity contribution is 0.1000. The van der Waals surface area contributed by atoms with Crippen LogP contribution < -0.4 is 16.0 Å². The normalized spacial score (nSPS) is 14.5. The number of hydrogen-bond donors (Lipinski definition) is 2. The zero-order valence-corrected chi connectivity index (χ0v) is 15.0. The predicted molar refractivity (Wildman–Crippen MR) is 95.9 cm³/mol. The number of halogens is 3. The fourth-order valence-corrected chi connectivity index (χ4v) is 3.13. The van der Waals surface area contributed by atoms with Crippen molar-refractivity contribution >= 4 is 23.3 Å². The minimum atomic E-state index is -2.77. The molecule has 11 heteroatoms. The maximum absolute atomic E-state index is 13.4. The number of benzene rings is 1. The number of rotatable bonds is 4. The van der Waals surface area contributed by atoms with E-state index in [9.17, 15) is 22.8 Å². The average molecular weight is 396 g/mol. The molecule has 0 atom stereocenters.